The molecule has 3 nitrogen and oxygen atoms in total. The van der Waals surface area contributed by atoms with Crippen molar-refractivity contribution >= 4 is 11.8 Å². The number of Topliss-reactive ketones (excluding diaryl/α,β-unsaturated/α-hetero) is 1. The quantitative estimate of drug-likeness (QED) is 0.215. The maximum absolute atomic E-state index is 13.0. The number of ether oxygens (including phenoxy) is 1. The van der Waals surface area contributed by atoms with Gasteiger partial charge in [0.1, 0.15) is 11.2 Å². The molecule has 1 unspecified atom stereocenters. The molecule has 0 radical (unpaired) electrons. The number of esters is 1. The average Bonchev–Trinajstić information content (AvgIpc) is 2.79. The Labute approximate surface area is 191 Å². The molecule has 0 saturated heterocycles. The lowest BCUT2D eigenvalue weighted by molar-refractivity contribution is -0.162. The standard InChI is InChI=1S/C28H48O3/c1-4-6-7-19-31-27(30)28(3)18-17-25(20-26(28)29)24-15-13-23(14-16-24)22-11-9-21(8-5-2)10-12-22/h21-25H,4-20H2,1-3H3/t21?,22?,23?,24?,25?,28-/m0/s1. The van der Waals surface area contributed by atoms with Crippen LogP contribution < -0.4 is 0 Å². The highest BCUT2D eigenvalue weighted by atomic mass is 16.5. The Morgan fingerprint density at radius 3 is 1.97 bits per heavy atom. The van der Waals surface area contributed by atoms with E-state index in [1.165, 1.54) is 64.2 Å². The Balaban J connectivity index is 1.41. The Bertz CT molecular complexity index is 569. The molecule has 2 atom stereocenters. The largest absolute Gasteiger partial charge is 0.465 e. The van der Waals surface area contributed by atoms with Crippen LogP contribution in [0.2, 0.25) is 0 Å². The van der Waals surface area contributed by atoms with Crippen LogP contribution in [0.5, 0.6) is 0 Å². The van der Waals surface area contributed by atoms with Gasteiger partial charge in [-0.25, -0.2) is 0 Å². The Kier molecular flexibility index (Phi) is 9.47. The zero-order valence-electron chi connectivity index (χ0n) is 20.6. The van der Waals surface area contributed by atoms with Gasteiger partial charge >= 0.3 is 5.97 Å². The minimum atomic E-state index is -0.892. The number of carbonyl (C=O) groups is 2. The normalized spacial score (nSPS) is 36.9. The van der Waals surface area contributed by atoms with Crippen LogP contribution in [-0.2, 0) is 14.3 Å². The van der Waals surface area contributed by atoms with E-state index in [2.05, 4.69) is 13.8 Å². The highest BCUT2D eigenvalue weighted by Crippen LogP contribution is 2.47. The van der Waals surface area contributed by atoms with E-state index in [0.29, 0.717) is 31.3 Å². The summed E-state index contributed by atoms with van der Waals surface area (Å²) < 4.78 is 5.48. The van der Waals surface area contributed by atoms with Gasteiger partial charge in [-0.15, -0.1) is 0 Å². The molecule has 178 valence electrons. The van der Waals surface area contributed by atoms with Crippen molar-refractivity contribution in [1.29, 1.82) is 0 Å². The van der Waals surface area contributed by atoms with E-state index in [1.807, 2.05) is 6.92 Å². The summed E-state index contributed by atoms with van der Waals surface area (Å²) in [7, 11) is 0. The zero-order valence-corrected chi connectivity index (χ0v) is 20.6. The third kappa shape index (κ3) is 6.35. The van der Waals surface area contributed by atoms with E-state index < -0.39 is 5.41 Å². The van der Waals surface area contributed by atoms with Crippen LogP contribution >= 0.6 is 0 Å². The second kappa shape index (κ2) is 11.8. The fourth-order valence-electron chi connectivity index (χ4n) is 6.92. The van der Waals surface area contributed by atoms with Crippen LogP contribution in [0.15, 0.2) is 0 Å². The van der Waals surface area contributed by atoms with Gasteiger partial charge in [0.15, 0.2) is 0 Å². The maximum atomic E-state index is 13.0. The number of hydrogen-bond acceptors (Lipinski definition) is 3. The SMILES string of the molecule is CCCCCOC(=O)[C@@]1(C)CCC(C2CCC(C3CCC(CCC)CC3)CC2)CC1=O. The van der Waals surface area contributed by atoms with Gasteiger partial charge in [0, 0.05) is 6.42 Å². The fraction of sp³-hybridized carbons (Fsp3) is 0.929. The van der Waals surface area contributed by atoms with Crippen LogP contribution in [0.1, 0.15) is 124 Å². The monoisotopic (exact) mass is 432 g/mol. The van der Waals surface area contributed by atoms with Crippen molar-refractivity contribution in [1.82, 2.24) is 0 Å². The van der Waals surface area contributed by atoms with Crippen molar-refractivity contribution in [3.63, 3.8) is 0 Å². The molecule has 0 heterocycles. The van der Waals surface area contributed by atoms with Crippen molar-refractivity contribution in [2.24, 2.45) is 35.0 Å². The first-order chi connectivity index (χ1) is 15.0. The third-order valence-electron chi connectivity index (χ3n) is 9.25. The van der Waals surface area contributed by atoms with Crippen LogP contribution in [-0.4, -0.2) is 18.4 Å². The molecule has 3 fully saturated rings. The van der Waals surface area contributed by atoms with Gasteiger partial charge in [-0.3, -0.25) is 9.59 Å². The predicted molar refractivity (Wildman–Crippen MR) is 127 cm³/mol. The smallest absolute Gasteiger partial charge is 0.319 e. The van der Waals surface area contributed by atoms with Crippen LogP contribution in [0.4, 0.5) is 0 Å². The maximum Gasteiger partial charge on any atom is 0.319 e. The molecule has 0 N–H and O–H groups in total. The lowest BCUT2D eigenvalue weighted by atomic mass is 9.62. The van der Waals surface area contributed by atoms with Crippen molar-refractivity contribution < 1.29 is 14.3 Å². The van der Waals surface area contributed by atoms with Gasteiger partial charge < -0.3 is 4.74 Å². The van der Waals surface area contributed by atoms with E-state index in [4.69, 9.17) is 4.74 Å². The molecule has 0 aromatic heterocycles. The minimum Gasteiger partial charge on any atom is -0.465 e. The fourth-order valence-corrected chi connectivity index (χ4v) is 6.92. The lowest BCUT2D eigenvalue weighted by Crippen LogP contribution is -2.44. The third-order valence-corrected chi connectivity index (χ3v) is 9.25. The summed E-state index contributed by atoms with van der Waals surface area (Å²) in [5.74, 6) is 3.96. The van der Waals surface area contributed by atoms with Crippen molar-refractivity contribution in [3.05, 3.63) is 0 Å². The van der Waals surface area contributed by atoms with Gasteiger partial charge in [-0.1, -0.05) is 52.4 Å². The first kappa shape index (κ1) is 24.8. The number of ketones is 1. The van der Waals surface area contributed by atoms with Crippen molar-refractivity contribution in [2.75, 3.05) is 6.61 Å². The van der Waals surface area contributed by atoms with Gasteiger partial charge in [-0.2, -0.15) is 0 Å². The molecule has 0 aromatic carbocycles. The first-order valence-corrected chi connectivity index (χ1v) is 13.7. The highest BCUT2D eigenvalue weighted by molar-refractivity contribution is 6.04. The minimum absolute atomic E-state index is 0.139. The van der Waals surface area contributed by atoms with Gasteiger partial charge in [0.2, 0.25) is 0 Å². The topological polar surface area (TPSA) is 43.4 Å². The van der Waals surface area contributed by atoms with E-state index >= 15 is 0 Å². The summed E-state index contributed by atoms with van der Waals surface area (Å²) in [5.41, 5.74) is -0.892. The molecule has 0 spiro atoms. The van der Waals surface area contributed by atoms with E-state index in [1.54, 1.807) is 0 Å². The van der Waals surface area contributed by atoms with Crippen LogP contribution in [0, 0.1) is 35.0 Å². The molecule has 3 aliphatic carbocycles. The predicted octanol–water partition coefficient (Wildman–Crippen LogP) is 7.51. The van der Waals surface area contributed by atoms with E-state index in [9.17, 15) is 9.59 Å². The summed E-state index contributed by atoms with van der Waals surface area (Å²) in [6, 6.07) is 0. The molecular weight excluding hydrogens is 384 g/mol. The molecule has 0 bridgehead atoms. The van der Waals surface area contributed by atoms with E-state index in [0.717, 1.165) is 43.4 Å². The van der Waals surface area contributed by atoms with Gasteiger partial charge in [0.05, 0.1) is 6.61 Å². The number of carbonyl (C=O) groups excluding carboxylic acids is 2. The Hall–Kier alpha value is -0.860. The highest BCUT2D eigenvalue weighted by Gasteiger charge is 2.47. The summed E-state index contributed by atoms with van der Waals surface area (Å²) in [5, 5.41) is 0. The second-order valence-corrected chi connectivity index (χ2v) is 11.3. The number of hydrogen-bond donors (Lipinski definition) is 0. The number of rotatable bonds is 9. The van der Waals surface area contributed by atoms with Gasteiger partial charge in [0.25, 0.3) is 0 Å². The van der Waals surface area contributed by atoms with Gasteiger partial charge in [-0.05, 0) is 94.3 Å². The molecular formula is C28H48O3. The number of unbranched alkanes of at least 4 members (excludes halogenated alkanes) is 2. The molecule has 3 rings (SSSR count). The van der Waals surface area contributed by atoms with Crippen molar-refractivity contribution in [2.45, 2.75) is 124 Å². The summed E-state index contributed by atoms with van der Waals surface area (Å²) >= 11 is 0. The van der Waals surface area contributed by atoms with Crippen molar-refractivity contribution in [3.8, 4) is 0 Å². The average molecular weight is 433 g/mol. The van der Waals surface area contributed by atoms with Crippen LogP contribution in [0.3, 0.4) is 0 Å². The lowest BCUT2D eigenvalue weighted by Gasteiger charge is -2.42. The molecule has 0 amide bonds. The molecule has 0 aromatic rings. The van der Waals surface area contributed by atoms with Crippen LogP contribution in [0.25, 0.3) is 0 Å². The molecule has 3 heteroatoms. The summed E-state index contributed by atoms with van der Waals surface area (Å²) in [6.45, 7) is 6.75. The molecule has 3 aliphatic rings. The Morgan fingerprint density at radius 1 is 0.839 bits per heavy atom. The first-order valence-electron chi connectivity index (χ1n) is 13.7. The summed E-state index contributed by atoms with van der Waals surface area (Å²) in [6.07, 6.45) is 19.3. The molecule has 31 heavy (non-hydrogen) atoms. The molecule has 0 aliphatic heterocycles. The summed E-state index contributed by atoms with van der Waals surface area (Å²) in [4.78, 5) is 25.6. The zero-order chi connectivity index (χ0) is 22.3. The Morgan fingerprint density at radius 2 is 1.42 bits per heavy atom. The second-order valence-electron chi connectivity index (χ2n) is 11.3. The molecule has 3 saturated carbocycles. The van der Waals surface area contributed by atoms with E-state index in [-0.39, 0.29) is 11.8 Å².